The van der Waals surface area contributed by atoms with Crippen molar-refractivity contribution < 1.29 is 13.6 Å². The fraction of sp³-hybridized carbons (Fsp3) is 0.450. The van der Waals surface area contributed by atoms with Crippen LogP contribution in [0, 0.1) is 10.8 Å². The van der Waals surface area contributed by atoms with Crippen molar-refractivity contribution in [3.05, 3.63) is 30.5 Å². The molecule has 0 bridgehead atoms. The average Bonchev–Trinajstić information content (AvgIpc) is 3.24. The van der Waals surface area contributed by atoms with Gasteiger partial charge in [0.2, 0.25) is 5.91 Å². The summed E-state index contributed by atoms with van der Waals surface area (Å²) in [6, 6.07) is 1.88. The molecule has 0 aliphatic carbocycles. The highest BCUT2D eigenvalue weighted by Crippen LogP contribution is 2.38. The lowest BCUT2D eigenvalue weighted by molar-refractivity contribution is -0.124. The first-order chi connectivity index (χ1) is 14.4. The van der Waals surface area contributed by atoms with Crippen LogP contribution in [-0.4, -0.2) is 57.6 Å². The predicted molar refractivity (Wildman–Crippen MR) is 109 cm³/mol. The minimum atomic E-state index is -2.81. The number of hydrogen-bond acceptors (Lipinski definition) is 6. The van der Waals surface area contributed by atoms with Crippen molar-refractivity contribution >= 4 is 23.5 Å². The molecular weight excluding hydrogens is 392 g/mol. The number of amides is 1. The van der Waals surface area contributed by atoms with E-state index in [2.05, 4.69) is 30.2 Å². The Morgan fingerprint density at radius 1 is 1.23 bits per heavy atom. The van der Waals surface area contributed by atoms with Crippen LogP contribution in [0.25, 0.3) is 17.5 Å². The molecule has 2 aromatic heterocycles. The van der Waals surface area contributed by atoms with Gasteiger partial charge in [0, 0.05) is 32.1 Å². The Morgan fingerprint density at radius 3 is 2.73 bits per heavy atom. The fourth-order valence-electron chi connectivity index (χ4n) is 3.94. The van der Waals surface area contributed by atoms with Crippen molar-refractivity contribution in [2.45, 2.75) is 32.1 Å². The van der Waals surface area contributed by atoms with Crippen LogP contribution in [0.1, 0.15) is 31.5 Å². The number of imidazole rings is 1. The molecule has 2 fully saturated rings. The second-order valence-electron chi connectivity index (χ2n) is 7.80. The third kappa shape index (κ3) is 4.37. The van der Waals surface area contributed by atoms with E-state index < -0.39 is 12.1 Å². The first-order valence-corrected chi connectivity index (χ1v) is 9.88. The topological polar surface area (TPSA) is 111 Å². The SMILES string of the molecule is N=C(/C=C\c1ncc(-c2cc(N3CCC4(CCC(=O)NC4)CC3)ncn2)[nH]1)C(F)F. The van der Waals surface area contributed by atoms with Gasteiger partial charge < -0.3 is 15.2 Å². The minimum Gasteiger partial charge on any atom is -0.356 e. The molecule has 0 radical (unpaired) electrons. The van der Waals surface area contributed by atoms with Crippen molar-refractivity contribution in [3.8, 4) is 11.4 Å². The highest BCUT2D eigenvalue weighted by molar-refractivity contribution is 5.97. The van der Waals surface area contributed by atoms with Crippen LogP contribution in [0.3, 0.4) is 0 Å². The molecule has 4 rings (SSSR count). The second kappa shape index (κ2) is 8.29. The van der Waals surface area contributed by atoms with Gasteiger partial charge in [0.15, 0.2) is 0 Å². The molecule has 2 aromatic rings. The van der Waals surface area contributed by atoms with Crippen molar-refractivity contribution in [1.29, 1.82) is 5.41 Å². The molecule has 1 amide bonds. The van der Waals surface area contributed by atoms with Gasteiger partial charge in [-0.05, 0) is 36.8 Å². The summed E-state index contributed by atoms with van der Waals surface area (Å²) >= 11 is 0. The number of alkyl halides is 2. The predicted octanol–water partition coefficient (Wildman–Crippen LogP) is 2.66. The number of piperidine rings is 2. The highest BCUT2D eigenvalue weighted by Gasteiger charge is 2.37. The zero-order valence-electron chi connectivity index (χ0n) is 16.4. The number of carbonyl (C=O) groups excluding carboxylic acids is 1. The van der Waals surface area contributed by atoms with Gasteiger partial charge in [0.05, 0.1) is 23.3 Å². The summed E-state index contributed by atoms with van der Waals surface area (Å²) in [5.41, 5.74) is 0.723. The first kappa shape index (κ1) is 20.1. The number of hydrogen-bond donors (Lipinski definition) is 3. The van der Waals surface area contributed by atoms with Gasteiger partial charge in [-0.1, -0.05) is 0 Å². The largest absolute Gasteiger partial charge is 0.356 e. The van der Waals surface area contributed by atoms with Crippen LogP contribution in [-0.2, 0) is 4.79 Å². The van der Waals surface area contributed by atoms with Crippen LogP contribution >= 0.6 is 0 Å². The van der Waals surface area contributed by atoms with Gasteiger partial charge in [-0.15, -0.1) is 0 Å². The van der Waals surface area contributed by atoms with E-state index in [4.69, 9.17) is 5.41 Å². The Labute approximate surface area is 172 Å². The summed E-state index contributed by atoms with van der Waals surface area (Å²) in [7, 11) is 0. The number of anilines is 1. The number of aromatic amines is 1. The number of nitrogens with zero attached hydrogens (tertiary/aromatic N) is 4. The molecule has 0 atom stereocenters. The zero-order valence-corrected chi connectivity index (χ0v) is 16.4. The number of aromatic nitrogens is 4. The maximum atomic E-state index is 12.4. The zero-order chi connectivity index (χ0) is 21.1. The van der Waals surface area contributed by atoms with Crippen LogP contribution < -0.4 is 10.2 Å². The van der Waals surface area contributed by atoms with E-state index in [0.717, 1.165) is 50.8 Å². The molecule has 10 heteroatoms. The van der Waals surface area contributed by atoms with Crippen LogP contribution in [0.15, 0.2) is 24.7 Å². The third-order valence-corrected chi connectivity index (χ3v) is 5.87. The van der Waals surface area contributed by atoms with Crippen LogP contribution in [0.2, 0.25) is 0 Å². The van der Waals surface area contributed by atoms with Gasteiger partial charge >= 0.3 is 0 Å². The molecular formula is C20H23F2N7O. The molecule has 2 aliphatic heterocycles. The Bertz CT molecular complexity index is 952. The number of nitrogens with one attached hydrogen (secondary N) is 3. The summed E-state index contributed by atoms with van der Waals surface area (Å²) in [4.78, 5) is 29.5. The maximum absolute atomic E-state index is 12.4. The Hall–Kier alpha value is -3.17. The van der Waals surface area contributed by atoms with Crippen LogP contribution in [0.5, 0.6) is 0 Å². The molecule has 0 saturated carbocycles. The molecule has 30 heavy (non-hydrogen) atoms. The standard InChI is InChI=1S/C20H23F2N7O/c21-19(22)13(23)1-2-16-24-10-15(28-16)14-9-17(27-12-26-14)29-7-5-20(6-8-29)4-3-18(30)25-11-20/h1-2,9-10,12,19,23H,3-8,11H2,(H,24,28)(H,25,30)/b2-1-,23-13?. The molecule has 158 valence electrons. The van der Waals surface area contributed by atoms with Crippen molar-refractivity contribution in [2.75, 3.05) is 24.5 Å². The lowest BCUT2D eigenvalue weighted by Gasteiger charge is -2.44. The van der Waals surface area contributed by atoms with Gasteiger partial charge in [0.1, 0.15) is 18.0 Å². The number of H-pyrrole nitrogens is 1. The molecule has 1 spiro atoms. The maximum Gasteiger partial charge on any atom is 0.279 e. The summed E-state index contributed by atoms with van der Waals surface area (Å²) < 4.78 is 24.8. The van der Waals surface area contributed by atoms with Gasteiger partial charge in [-0.3, -0.25) is 10.2 Å². The Morgan fingerprint density at radius 2 is 2.03 bits per heavy atom. The van der Waals surface area contributed by atoms with Crippen molar-refractivity contribution in [2.24, 2.45) is 5.41 Å². The normalized spacial score (nSPS) is 18.9. The molecule has 2 saturated heterocycles. The summed E-state index contributed by atoms with van der Waals surface area (Å²) in [5.74, 6) is 1.33. The molecule has 4 heterocycles. The van der Waals surface area contributed by atoms with Gasteiger partial charge in [-0.2, -0.15) is 0 Å². The van der Waals surface area contributed by atoms with E-state index in [0.29, 0.717) is 23.6 Å². The Balaban J connectivity index is 1.43. The van der Waals surface area contributed by atoms with Gasteiger partial charge in [-0.25, -0.2) is 23.7 Å². The minimum absolute atomic E-state index is 0.142. The second-order valence-corrected chi connectivity index (χ2v) is 7.80. The monoisotopic (exact) mass is 415 g/mol. The van der Waals surface area contributed by atoms with E-state index in [1.54, 1.807) is 6.20 Å². The number of rotatable bonds is 5. The van der Waals surface area contributed by atoms with E-state index in [-0.39, 0.29) is 11.3 Å². The average molecular weight is 415 g/mol. The Kier molecular flexibility index (Phi) is 5.56. The summed E-state index contributed by atoms with van der Waals surface area (Å²) in [6.07, 6.45) is 6.17. The smallest absolute Gasteiger partial charge is 0.279 e. The molecule has 8 nitrogen and oxygen atoms in total. The van der Waals surface area contributed by atoms with E-state index >= 15 is 0 Å². The van der Waals surface area contributed by atoms with E-state index in [9.17, 15) is 13.6 Å². The lowest BCUT2D eigenvalue weighted by atomic mass is 9.73. The number of halogens is 2. The number of allylic oxidation sites excluding steroid dienone is 1. The molecule has 0 aromatic carbocycles. The summed E-state index contributed by atoms with van der Waals surface area (Å²) in [6.45, 7) is 2.47. The first-order valence-electron chi connectivity index (χ1n) is 9.88. The van der Waals surface area contributed by atoms with Crippen LogP contribution in [0.4, 0.5) is 14.6 Å². The quantitative estimate of drug-likeness (QED) is 0.651. The fourth-order valence-corrected chi connectivity index (χ4v) is 3.94. The summed E-state index contributed by atoms with van der Waals surface area (Å²) in [5, 5.41) is 10.2. The van der Waals surface area contributed by atoms with Crippen molar-refractivity contribution in [1.82, 2.24) is 25.3 Å². The molecule has 0 unspecified atom stereocenters. The highest BCUT2D eigenvalue weighted by atomic mass is 19.3. The number of carbonyl (C=O) groups is 1. The van der Waals surface area contributed by atoms with E-state index in [1.165, 1.54) is 12.4 Å². The van der Waals surface area contributed by atoms with Crippen molar-refractivity contribution in [3.63, 3.8) is 0 Å². The lowest BCUT2D eigenvalue weighted by Crippen LogP contribution is -2.49. The van der Waals surface area contributed by atoms with Gasteiger partial charge in [0.25, 0.3) is 6.43 Å². The van der Waals surface area contributed by atoms with E-state index in [1.807, 2.05) is 6.07 Å². The molecule has 2 aliphatic rings. The third-order valence-electron chi connectivity index (χ3n) is 5.87. The molecule has 3 N–H and O–H groups in total.